The molecule has 5 rings (SSSR count). The van der Waals surface area contributed by atoms with Crippen LogP contribution in [0.2, 0.25) is 0 Å². The Labute approximate surface area is 216 Å². The van der Waals surface area contributed by atoms with E-state index in [0.29, 0.717) is 17.9 Å². The lowest BCUT2D eigenvalue weighted by Gasteiger charge is -2.36. The summed E-state index contributed by atoms with van der Waals surface area (Å²) >= 11 is 0. The quantitative estimate of drug-likeness (QED) is 0.248. The van der Waals surface area contributed by atoms with E-state index in [1.165, 1.54) is 16.2 Å². The van der Waals surface area contributed by atoms with E-state index >= 15 is 0 Å². The second-order valence-corrected chi connectivity index (χ2v) is 10.3. The number of pyridine rings is 1. The number of hydrogen-bond acceptors (Lipinski definition) is 6. The van der Waals surface area contributed by atoms with E-state index in [4.69, 9.17) is 4.74 Å². The molecule has 10 heteroatoms. The van der Waals surface area contributed by atoms with Gasteiger partial charge in [0.1, 0.15) is 5.75 Å². The molecule has 1 fully saturated rings. The van der Waals surface area contributed by atoms with Gasteiger partial charge in [-0.2, -0.15) is 4.39 Å². The Morgan fingerprint density at radius 3 is 2.42 bits per heavy atom. The summed E-state index contributed by atoms with van der Waals surface area (Å²) in [5, 5.41) is 0.932. The second kappa shape index (κ2) is 11.3. The zero-order valence-electron chi connectivity index (χ0n) is 19.7. The largest absolute Gasteiger partial charge is 0.492 e. The third kappa shape index (κ3) is 5.48. The molecule has 0 saturated carbocycles. The molecular weight excluding hydrogens is 503 g/mol. The van der Waals surface area contributed by atoms with Crippen LogP contribution in [0.3, 0.4) is 0 Å². The molecule has 1 saturated heterocycles. The molecule has 190 valence electrons. The van der Waals surface area contributed by atoms with Gasteiger partial charge in [0.15, 0.2) is 0 Å². The van der Waals surface area contributed by atoms with Gasteiger partial charge in [-0.05, 0) is 48.9 Å². The zero-order valence-corrected chi connectivity index (χ0v) is 21.3. The van der Waals surface area contributed by atoms with Crippen molar-refractivity contribution >= 4 is 39.0 Å². The van der Waals surface area contributed by atoms with Crippen LogP contribution < -0.4 is 9.64 Å². The molecular formula is C26H28ClFN4O3S. The Kier molecular flexibility index (Phi) is 8.13. The van der Waals surface area contributed by atoms with E-state index in [1.54, 1.807) is 42.6 Å². The Bertz CT molecular complexity index is 1390. The zero-order chi connectivity index (χ0) is 24.3. The fraction of sp³-hybridized carbons (Fsp3) is 0.269. The summed E-state index contributed by atoms with van der Waals surface area (Å²) < 4.78 is 46.2. The lowest BCUT2D eigenvalue weighted by molar-refractivity contribution is 0.224. The first-order valence-electron chi connectivity index (χ1n) is 11.6. The highest BCUT2D eigenvalue weighted by Gasteiger charge is 2.22. The topological polar surface area (TPSA) is 67.7 Å². The maximum Gasteiger partial charge on any atom is 0.268 e. The number of ether oxygens (including phenoxy) is 1. The molecule has 4 aromatic rings. The van der Waals surface area contributed by atoms with E-state index in [9.17, 15) is 12.8 Å². The fourth-order valence-corrected chi connectivity index (χ4v) is 5.82. The first-order valence-corrected chi connectivity index (χ1v) is 13.1. The van der Waals surface area contributed by atoms with E-state index < -0.39 is 16.0 Å². The van der Waals surface area contributed by atoms with E-state index in [0.717, 1.165) is 50.2 Å². The van der Waals surface area contributed by atoms with Gasteiger partial charge in [0.05, 0.1) is 23.2 Å². The fourth-order valence-electron chi connectivity index (χ4n) is 4.46. The number of benzene rings is 2. The number of fused-ring (bicyclic) bond motifs is 1. The van der Waals surface area contributed by atoms with Gasteiger partial charge >= 0.3 is 0 Å². The first kappa shape index (κ1) is 25.9. The van der Waals surface area contributed by atoms with Gasteiger partial charge in [0.25, 0.3) is 10.0 Å². The molecule has 2 aromatic heterocycles. The standard InChI is InChI=1S/C26H27FN4O3S.ClH/c27-26-11-10-21(20-28-26)34-19-5-13-29-15-17-30(18-16-29)24-8-4-9-25-23(24)12-14-31(25)35(32,33)22-6-2-1-3-7-22;/h1-4,6-12,14,20H,5,13,15-19H2;1H. The first-order chi connectivity index (χ1) is 17.0. The van der Waals surface area contributed by atoms with Gasteiger partial charge in [0.2, 0.25) is 5.95 Å². The van der Waals surface area contributed by atoms with Gasteiger partial charge in [0, 0.05) is 50.0 Å². The Balaban J connectivity index is 0.00000304. The maximum absolute atomic E-state index is 13.2. The van der Waals surface area contributed by atoms with Crippen molar-refractivity contribution in [1.29, 1.82) is 0 Å². The van der Waals surface area contributed by atoms with Crippen molar-refractivity contribution in [3.63, 3.8) is 0 Å². The molecule has 0 amide bonds. The minimum Gasteiger partial charge on any atom is -0.492 e. The summed E-state index contributed by atoms with van der Waals surface area (Å²) in [6.45, 7) is 5.01. The van der Waals surface area contributed by atoms with Gasteiger partial charge in [-0.15, -0.1) is 12.4 Å². The molecule has 7 nitrogen and oxygen atoms in total. The summed E-state index contributed by atoms with van der Waals surface area (Å²) in [4.78, 5) is 8.58. The highest BCUT2D eigenvalue weighted by Crippen LogP contribution is 2.30. The molecule has 3 heterocycles. The number of aromatic nitrogens is 2. The van der Waals surface area contributed by atoms with Gasteiger partial charge in [-0.1, -0.05) is 24.3 Å². The van der Waals surface area contributed by atoms with Crippen LogP contribution in [-0.4, -0.2) is 61.6 Å². The molecule has 1 aliphatic rings. The number of anilines is 1. The van der Waals surface area contributed by atoms with Crippen molar-refractivity contribution in [3.05, 3.63) is 85.1 Å². The Morgan fingerprint density at radius 2 is 1.69 bits per heavy atom. The molecule has 0 radical (unpaired) electrons. The third-order valence-corrected chi connectivity index (χ3v) is 7.98. The SMILES string of the molecule is Cl.O=S(=O)(c1ccccc1)n1ccc2c(N3CCN(CCCOc4ccc(F)nc4)CC3)cccc21. The Morgan fingerprint density at radius 1 is 0.917 bits per heavy atom. The lowest BCUT2D eigenvalue weighted by Crippen LogP contribution is -2.46. The van der Waals surface area contributed by atoms with Gasteiger partial charge in [-0.25, -0.2) is 17.4 Å². The van der Waals surface area contributed by atoms with Crippen LogP contribution in [0.1, 0.15) is 6.42 Å². The highest BCUT2D eigenvalue weighted by molar-refractivity contribution is 7.90. The number of piperazine rings is 1. The van der Waals surface area contributed by atoms with Crippen LogP contribution in [0.4, 0.5) is 10.1 Å². The van der Waals surface area contributed by atoms with Gasteiger partial charge < -0.3 is 9.64 Å². The summed E-state index contributed by atoms with van der Waals surface area (Å²) in [5.74, 6) is 0.0610. The van der Waals surface area contributed by atoms with Crippen LogP contribution in [0, 0.1) is 5.95 Å². The third-order valence-electron chi connectivity index (χ3n) is 6.27. The number of rotatable bonds is 8. The van der Waals surface area contributed by atoms with Crippen LogP contribution in [-0.2, 0) is 10.0 Å². The van der Waals surface area contributed by atoms with E-state index in [1.807, 2.05) is 18.2 Å². The van der Waals surface area contributed by atoms with Crippen molar-refractivity contribution < 1.29 is 17.5 Å². The summed E-state index contributed by atoms with van der Waals surface area (Å²) in [7, 11) is -3.66. The molecule has 1 aliphatic heterocycles. The molecule has 0 spiro atoms. The number of nitrogens with zero attached hydrogens (tertiary/aromatic N) is 4. The minimum atomic E-state index is -3.66. The predicted octanol–water partition coefficient (Wildman–Crippen LogP) is 4.43. The number of hydrogen-bond donors (Lipinski definition) is 0. The summed E-state index contributed by atoms with van der Waals surface area (Å²) in [5.41, 5.74) is 1.73. The van der Waals surface area contributed by atoms with Crippen molar-refractivity contribution in [2.24, 2.45) is 0 Å². The van der Waals surface area contributed by atoms with Crippen molar-refractivity contribution in [1.82, 2.24) is 13.9 Å². The summed E-state index contributed by atoms with van der Waals surface area (Å²) in [6, 6.07) is 19.1. The minimum absolute atomic E-state index is 0. The predicted molar refractivity (Wildman–Crippen MR) is 141 cm³/mol. The lowest BCUT2D eigenvalue weighted by atomic mass is 10.1. The van der Waals surface area contributed by atoms with E-state index in [-0.39, 0.29) is 17.3 Å². The Hall–Kier alpha value is -3.14. The van der Waals surface area contributed by atoms with Crippen molar-refractivity contribution in [2.75, 3.05) is 44.2 Å². The average molecular weight is 531 g/mol. The van der Waals surface area contributed by atoms with Crippen LogP contribution in [0.25, 0.3) is 10.9 Å². The van der Waals surface area contributed by atoms with Crippen LogP contribution in [0.5, 0.6) is 5.75 Å². The maximum atomic E-state index is 13.2. The molecule has 0 bridgehead atoms. The van der Waals surface area contributed by atoms with Crippen molar-refractivity contribution in [2.45, 2.75) is 11.3 Å². The molecule has 0 atom stereocenters. The van der Waals surface area contributed by atoms with Gasteiger partial charge in [-0.3, -0.25) is 4.90 Å². The monoisotopic (exact) mass is 530 g/mol. The van der Waals surface area contributed by atoms with E-state index in [2.05, 4.69) is 20.9 Å². The number of halogens is 2. The molecule has 2 aromatic carbocycles. The smallest absolute Gasteiger partial charge is 0.268 e. The van der Waals surface area contributed by atoms with Crippen LogP contribution >= 0.6 is 12.4 Å². The van der Waals surface area contributed by atoms with Crippen molar-refractivity contribution in [3.8, 4) is 5.75 Å². The highest BCUT2D eigenvalue weighted by atomic mass is 35.5. The molecule has 0 N–H and O–H groups in total. The molecule has 0 aliphatic carbocycles. The average Bonchev–Trinajstić information content (AvgIpc) is 3.34. The summed E-state index contributed by atoms with van der Waals surface area (Å²) in [6.07, 6.45) is 3.91. The molecule has 0 unspecified atom stereocenters. The molecule has 36 heavy (non-hydrogen) atoms. The second-order valence-electron chi connectivity index (χ2n) is 8.49. The normalized spacial score (nSPS) is 14.5. The van der Waals surface area contributed by atoms with Crippen LogP contribution in [0.15, 0.2) is 84.0 Å².